The molecule has 1 rings (SSSR count). The molecule has 0 aliphatic carbocycles. The van der Waals surface area contributed by atoms with Crippen molar-refractivity contribution in [2.75, 3.05) is 7.11 Å². The number of nitrogens with one attached hydrogen (secondary N) is 1. The fraction of sp³-hybridized carbons (Fsp3) is 0.429. The number of sulfonamides is 1. The van der Waals surface area contributed by atoms with Crippen LogP contribution in [0.5, 0.6) is 0 Å². The fourth-order valence-electron chi connectivity index (χ4n) is 1.03. The zero-order chi connectivity index (χ0) is 10.1. The van der Waals surface area contributed by atoms with E-state index in [1.54, 1.807) is 6.92 Å². The first-order chi connectivity index (χ1) is 5.97. The molecule has 0 spiro atoms. The third kappa shape index (κ3) is 2.28. The highest BCUT2D eigenvalue weighted by Gasteiger charge is 2.18. The molecule has 0 fully saturated rings. The van der Waals surface area contributed by atoms with Gasteiger partial charge < -0.3 is 0 Å². The Balaban J connectivity index is 3.14. The molecule has 0 atom stereocenters. The van der Waals surface area contributed by atoms with E-state index in [4.69, 9.17) is 0 Å². The monoisotopic (exact) mass is 221 g/mol. The van der Waals surface area contributed by atoms with Crippen molar-refractivity contribution < 1.29 is 13.3 Å². The van der Waals surface area contributed by atoms with E-state index < -0.39 is 10.0 Å². The van der Waals surface area contributed by atoms with Gasteiger partial charge in [0.2, 0.25) is 0 Å². The average Bonchev–Trinajstić information content (AvgIpc) is 2.30. The van der Waals surface area contributed by atoms with Crippen LogP contribution in [0.15, 0.2) is 10.3 Å². The van der Waals surface area contributed by atoms with Crippen LogP contribution in [0.1, 0.15) is 10.4 Å². The largest absolute Gasteiger partial charge is 0.290 e. The topological polar surface area (TPSA) is 55.4 Å². The second-order valence-corrected chi connectivity index (χ2v) is 5.71. The van der Waals surface area contributed by atoms with Crippen LogP contribution >= 0.6 is 11.3 Å². The molecule has 1 aromatic heterocycles. The van der Waals surface area contributed by atoms with Crippen molar-refractivity contribution in [3.05, 3.63) is 16.5 Å². The van der Waals surface area contributed by atoms with Gasteiger partial charge in [-0.05, 0) is 25.5 Å². The quantitative estimate of drug-likeness (QED) is 0.780. The molecule has 0 bridgehead atoms. The molecular formula is C7H11NO3S2. The number of hydrogen-bond acceptors (Lipinski definition) is 4. The first kappa shape index (κ1) is 10.6. The molecule has 0 saturated carbocycles. The zero-order valence-electron chi connectivity index (χ0n) is 7.62. The van der Waals surface area contributed by atoms with Gasteiger partial charge in [0.25, 0.3) is 10.0 Å². The van der Waals surface area contributed by atoms with Crippen LogP contribution < -0.4 is 4.89 Å². The van der Waals surface area contributed by atoms with Crippen molar-refractivity contribution >= 4 is 21.4 Å². The lowest BCUT2D eigenvalue weighted by molar-refractivity contribution is 0.153. The van der Waals surface area contributed by atoms with E-state index in [2.05, 4.69) is 4.84 Å². The van der Waals surface area contributed by atoms with Crippen LogP contribution in [0, 0.1) is 13.8 Å². The molecule has 0 radical (unpaired) electrons. The van der Waals surface area contributed by atoms with Crippen LogP contribution in [0.2, 0.25) is 0 Å². The molecule has 13 heavy (non-hydrogen) atoms. The lowest BCUT2D eigenvalue weighted by atomic mass is 10.4. The van der Waals surface area contributed by atoms with Gasteiger partial charge in [-0.3, -0.25) is 4.84 Å². The second-order valence-electron chi connectivity index (χ2n) is 2.62. The molecule has 4 nitrogen and oxygen atoms in total. The molecule has 1 aromatic rings. The molecule has 74 valence electrons. The molecule has 1 N–H and O–H groups in total. The van der Waals surface area contributed by atoms with Crippen LogP contribution in [0.3, 0.4) is 0 Å². The Morgan fingerprint density at radius 2 is 2.08 bits per heavy atom. The Hall–Kier alpha value is -0.430. The van der Waals surface area contributed by atoms with Gasteiger partial charge in [0.05, 0.1) is 7.11 Å². The Morgan fingerprint density at radius 1 is 1.46 bits per heavy atom. The Bertz CT molecular complexity index is 394. The molecule has 0 aromatic carbocycles. The van der Waals surface area contributed by atoms with E-state index in [-0.39, 0.29) is 0 Å². The number of hydrogen-bond donors (Lipinski definition) is 1. The minimum atomic E-state index is -3.47. The lowest BCUT2D eigenvalue weighted by Crippen LogP contribution is -2.21. The second kappa shape index (κ2) is 3.75. The van der Waals surface area contributed by atoms with E-state index in [0.29, 0.717) is 4.21 Å². The first-order valence-corrected chi connectivity index (χ1v) is 5.89. The average molecular weight is 221 g/mol. The number of rotatable bonds is 3. The van der Waals surface area contributed by atoms with Crippen molar-refractivity contribution in [3.8, 4) is 0 Å². The number of thiophene rings is 1. The first-order valence-electron chi connectivity index (χ1n) is 3.59. The summed E-state index contributed by atoms with van der Waals surface area (Å²) < 4.78 is 23.2. The molecule has 0 aliphatic rings. The molecule has 0 aliphatic heterocycles. The standard InChI is InChI=1S/C7H11NO3S2/c1-5-4-6(2)12-7(5)13(9,10)8-11-3/h4,8H,1-3H3. The van der Waals surface area contributed by atoms with Gasteiger partial charge in [0.1, 0.15) is 4.21 Å². The van der Waals surface area contributed by atoms with Crippen LogP contribution in [-0.4, -0.2) is 15.5 Å². The maximum Gasteiger partial charge on any atom is 0.272 e. The SMILES string of the molecule is CONS(=O)(=O)c1sc(C)cc1C. The summed E-state index contributed by atoms with van der Waals surface area (Å²) in [5, 5.41) is 0. The van der Waals surface area contributed by atoms with Crippen molar-refractivity contribution in [2.45, 2.75) is 18.1 Å². The van der Waals surface area contributed by atoms with E-state index in [9.17, 15) is 8.42 Å². The summed E-state index contributed by atoms with van der Waals surface area (Å²) in [6.45, 7) is 3.62. The lowest BCUT2D eigenvalue weighted by Gasteiger charge is -2.01. The minimum Gasteiger partial charge on any atom is -0.290 e. The van der Waals surface area contributed by atoms with Gasteiger partial charge in [0, 0.05) is 4.88 Å². The predicted octanol–water partition coefficient (Wildman–Crippen LogP) is 1.20. The molecule has 1 heterocycles. The predicted molar refractivity (Wildman–Crippen MR) is 51.1 cm³/mol. The highest BCUT2D eigenvalue weighted by molar-refractivity contribution is 7.91. The maximum atomic E-state index is 11.4. The third-order valence-electron chi connectivity index (χ3n) is 1.43. The number of aryl methyl sites for hydroxylation is 2. The molecule has 0 unspecified atom stereocenters. The van der Waals surface area contributed by atoms with Crippen molar-refractivity contribution in [2.24, 2.45) is 0 Å². The highest BCUT2D eigenvalue weighted by Crippen LogP contribution is 2.25. The summed E-state index contributed by atoms with van der Waals surface area (Å²) in [6, 6.07) is 1.83. The summed E-state index contributed by atoms with van der Waals surface area (Å²) in [6.07, 6.45) is 0. The van der Waals surface area contributed by atoms with Crippen molar-refractivity contribution in [1.29, 1.82) is 0 Å². The molecule has 0 amide bonds. The van der Waals surface area contributed by atoms with E-state index in [1.165, 1.54) is 18.4 Å². The smallest absolute Gasteiger partial charge is 0.272 e. The van der Waals surface area contributed by atoms with Gasteiger partial charge in [-0.1, -0.05) is 4.89 Å². The fourth-order valence-corrected chi connectivity index (χ4v) is 3.50. The third-order valence-corrected chi connectivity index (χ3v) is 4.48. The minimum absolute atomic E-state index is 0.312. The molecule has 0 saturated heterocycles. The van der Waals surface area contributed by atoms with Crippen molar-refractivity contribution in [1.82, 2.24) is 4.89 Å². The van der Waals surface area contributed by atoms with E-state index in [0.717, 1.165) is 10.4 Å². The van der Waals surface area contributed by atoms with Crippen LogP contribution in [0.4, 0.5) is 0 Å². The van der Waals surface area contributed by atoms with Crippen LogP contribution in [0.25, 0.3) is 0 Å². The van der Waals surface area contributed by atoms with Gasteiger partial charge in [-0.15, -0.1) is 11.3 Å². The van der Waals surface area contributed by atoms with Crippen LogP contribution in [-0.2, 0) is 14.9 Å². The summed E-state index contributed by atoms with van der Waals surface area (Å²) in [4.78, 5) is 7.34. The Labute approximate surface area is 81.5 Å². The van der Waals surface area contributed by atoms with Gasteiger partial charge in [0.15, 0.2) is 0 Å². The zero-order valence-corrected chi connectivity index (χ0v) is 9.25. The van der Waals surface area contributed by atoms with E-state index in [1.807, 2.05) is 17.9 Å². The van der Waals surface area contributed by atoms with Gasteiger partial charge in [-0.25, -0.2) is 8.42 Å². The van der Waals surface area contributed by atoms with Crippen molar-refractivity contribution in [3.63, 3.8) is 0 Å². The maximum absolute atomic E-state index is 11.4. The summed E-state index contributed by atoms with van der Waals surface area (Å²) >= 11 is 1.23. The van der Waals surface area contributed by atoms with Gasteiger partial charge >= 0.3 is 0 Å². The summed E-state index contributed by atoms with van der Waals surface area (Å²) in [5.41, 5.74) is 0.743. The Kier molecular flexibility index (Phi) is 3.07. The molecular weight excluding hydrogens is 210 g/mol. The van der Waals surface area contributed by atoms with Gasteiger partial charge in [-0.2, -0.15) is 0 Å². The highest BCUT2D eigenvalue weighted by atomic mass is 32.2. The molecule has 6 heteroatoms. The van der Waals surface area contributed by atoms with E-state index >= 15 is 0 Å². The summed E-state index contributed by atoms with van der Waals surface area (Å²) in [5.74, 6) is 0. The summed E-state index contributed by atoms with van der Waals surface area (Å²) in [7, 11) is -2.20. The Morgan fingerprint density at radius 3 is 2.46 bits per heavy atom. The normalized spacial score (nSPS) is 11.9.